The number of benzene rings is 8. The normalized spacial score (nSPS) is 11.2. The van der Waals surface area contributed by atoms with Crippen LogP contribution < -0.4 is 0 Å². The molecule has 0 N–H and O–H groups in total. The Labute approximate surface area is 292 Å². The fourth-order valence-corrected chi connectivity index (χ4v) is 7.11. The second-order valence-corrected chi connectivity index (χ2v) is 12.8. The summed E-state index contributed by atoms with van der Waals surface area (Å²) in [6, 6.07) is 71.9. The third-order valence-electron chi connectivity index (χ3n) is 9.64. The van der Waals surface area contributed by atoms with E-state index in [4.69, 9.17) is 4.98 Å². The minimum atomic E-state index is 0.956. The molecular formula is C49H33N. The van der Waals surface area contributed by atoms with Crippen LogP contribution in [0.15, 0.2) is 200 Å². The zero-order valence-corrected chi connectivity index (χ0v) is 27.5. The Hall–Kier alpha value is -6.57. The Balaban J connectivity index is 1.28. The van der Waals surface area contributed by atoms with E-state index < -0.39 is 0 Å². The fourth-order valence-electron chi connectivity index (χ4n) is 7.11. The molecule has 234 valence electrons. The third kappa shape index (κ3) is 5.66. The van der Waals surface area contributed by atoms with Gasteiger partial charge in [0.25, 0.3) is 0 Å². The molecule has 0 radical (unpaired) electrons. The molecule has 0 atom stereocenters. The van der Waals surface area contributed by atoms with Crippen molar-refractivity contribution in [1.82, 2.24) is 4.98 Å². The van der Waals surface area contributed by atoms with Crippen molar-refractivity contribution in [3.8, 4) is 67.0 Å². The molecule has 50 heavy (non-hydrogen) atoms. The number of rotatable bonds is 6. The molecule has 9 rings (SSSR count). The van der Waals surface area contributed by atoms with Crippen molar-refractivity contribution >= 4 is 21.5 Å². The van der Waals surface area contributed by atoms with E-state index in [0.29, 0.717) is 0 Å². The second-order valence-electron chi connectivity index (χ2n) is 12.8. The van der Waals surface area contributed by atoms with Crippen molar-refractivity contribution in [2.24, 2.45) is 0 Å². The van der Waals surface area contributed by atoms with E-state index in [9.17, 15) is 0 Å². The summed E-state index contributed by atoms with van der Waals surface area (Å²) in [7, 11) is 0. The maximum absolute atomic E-state index is 5.17. The molecule has 0 amide bonds. The van der Waals surface area contributed by atoms with E-state index in [2.05, 4.69) is 200 Å². The lowest BCUT2D eigenvalue weighted by atomic mass is 9.88. The zero-order valence-electron chi connectivity index (χ0n) is 27.5. The molecule has 1 heterocycles. The molecule has 0 spiro atoms. The van der Waals surface area contributed by atoms with Gasteiger partial charge in [0.2, 0.25) is 0 Å². The third-order valence-corrected chi connectivity index (χ3v) is 9.64. The van der Waals surface area contributed by atoms with Gasteiger partial charge in [-0.15, -0.1) is 0 Å². The monoisotopic (exact) mass is 635 g/mol. The number of hydrogen-bond donors (Lipinski definition) is 0. The lowest BCUT2D eigenvalue weighted by Gasteiger charge is -2.16. The van der Waals surface area contributed by atoms with Gasteiger partial charge >= 0.3 is 0 Å². The first kappa shape index (κ1) is 29.6. The number of nitrogens with zero attached hydrogens (tertiary/aromatic N) is 1. The summed E-state index contributed by atoms with van der Waals surface area (Å²) < 4.78 is 0. The van der Waals surface area contributed by atoms with Crippen LogP contribution in [-0.2, 0) is 0 Å². The number of hydrogen-bond acceptors (Lipinski definition) is 1. The van der Waals surface area contributed by atoms with Gasteiger partial charge in [-0.3, -0.25) is 0 Å². The van der Waals surface area contributed by atoms with E-state index in [1.54, 1.807) is 0 Å². The van der Waals surface area contributed by atoms with Crippen LogP contribution in [0.25, 0.3) is 88.6 Å². The molecule has 0 aliphatic heterocycles. The Morgan fingerprint density at radius 1 is 0.240 bits per heavy atom. The highest BCUT2D eigenvalue weighted by molar-refractivity contribution is 6.14. The topological polar surface area (TPSA) is 12.9 Å². The predicted octanol–water partition coefficient (Wildman–Crippen LogP) is 13.4. The van der Waals surface area contributed by atoms with Crippen molar-refractivity contribution < 1.29 is 0 Å². The van der Waals surface area contributed by atoms with Gasteiger partial charge in [-0.25, -0.2) is 4.98 Å². The molecule has 1 aromatic heterocycles. The van der Waals surface area contributed by atoms with Gasteiger partial charge in [0.1, 0.15) is 0 Å². The molecule has 8 aromatic carbocycles. The van der Waals surface area contributed by atoms with Crippen LogP contribution in [0.5, 0.6) is 0 Å². The van der Waals surface area contributed by atoms with Crippen molar-refractivity contribution in [2.45, 2.75) is 0 Å². The Morgan fingerprint density at radius 3 is 1.24 bits per heavy atom. The highest BCUT2D eigenvalue weighted by Gasteiger charge is 2.15. The zero-order chi connectivity index (χ0) is 33.3. The van der Waals surface area contributed by atoms with Crippen LogP contribution in [0, 0.1) is 0 Å². The van der Waals surface area contributed by atoms with Crippen molar-refractivity contribution in [3.63, 3.8) is 0 Å². The van der Waals surface area contributed by atoms with Crippen molar-refractivity contribution in [3.05, 3.63) is 200 Å². The summed E-state index contributed by atoms with van der Waals surface area (Å²) in [5.41, 5.74) is 13.6. The van der Waals surface area contributed by atoms with E-state index in [1.165, 1.54) is 54.9 Å². The highest BCUT2D eigenvalue weighted by atomic mass is 14.7. The van der Waals surface area contributed by atoms with Crippen LogP contribution in [0.2, 0.25) is 0 Å². The molecular weight excluding hydrogens is 603 g/mol. The highest BCUT2D eigenvalue weighted by Crippen LogP contribution is 2.40. The molecule has 1 heteroatoms. The van der Waals surface area contributed by atoms with Gasteiger partial charge in [0.15, 0.2) is 0 Å². The quantitative estimate of drug-likeness (QED) is 0.166. The predicted molar refractivity (Wildman–Crippen MR) is 212 cm³/mol. The van der Waals surface area contributed by atoms with Gasteiger partial charge < -0.3 is 0 Å². The maximum atomic E-state index is 5.17. The van der Waals surface area contributed by atoms with E-state index in [0.717, 1.165) is 33.6 Å². The molecule has 1 nitrogen and oxygen atoms in total. The molecule has 0 aliphatic carbocycles. The van der Waals surface area contributed by atoms with Gasteiger partial charge in [0.05, 0.1) is 11.4 Å². The summed E-state index contributed by atoms with van der Waals surface area (Å²) in [5, 5.41) is 5.02. The fraction of sp³-hybridized carbons (Fsp3) is 0. The first-order chi connectivity index (χ1) is 24.8. The Kier molecular flexibility index (Phi) is 7.57. The molecule has 0 saturated heterocycles. The first-order valence-electron chi connectivity index (χ1n) is 17.1. The van der Waals surface area contributed by atoms with Crippen LogP contribution in [-0.4, -0.2) is 4.98 Å². The largest absolute Gasteiger partial charge is 0.248 e. The molecule has 0 aliphatic rings. The van der Waals surface area contributed by atoms with Gasteiger partial charge in [-0.1, -0.05) is 164 Å². The van der Waals surface area contributed by atoms with Crippen LogP contribution in [0.1, 0.15) is 0 Å². The molecule has 0 fully saturated rings. The van der Waals surface area contributed by atoms with Crippen LogP contribution in [0.4, 0.5) is 0 Å². The minimum Gasteiger partial charge on any atom is -0.248 e. The van der Waals surface area contributed by atoms with E-state index >= 15 is 0 Å². The number of fused-ring (bicyclic) bond motifs is 3. The lowest BCUT2D eigenvalue weighted by Crippen LogP contribution is -1.93. The maximum Gasteiger partial charge on any atom is 0.0715 e. The smallest absolute Gasteiger partial charge is 0.0715 e. The summed E-state index contributed by atoms with van der Waals surface area (Å²) in [6.07, 6.45) is 0. The SMILES string of the molecule is c1ccc(-c2ccc(-c3cc(-c4cc(-c5ccccc5)nc(-c5ccccc5)c4)cc(-c4cc5ccccc5c5ccccc45)c3)cc2)cc1. The summed E-state index contributed by atoms with van der Waals surface area (Å²) in [5.74, 6) is 0. The van der Waals surface area contributed by atoms with Gasteiger partial charge in [-0.05, 0) is 102 Å². The first-order valence-corrected chi connectivity index (χ1v) is 17.1. The van der Waals surface area contributed by atoms with E-state index in [1.807, 2.05) is 0 Å². The molecule has 0 unspecified atom stereocenters. The minimum absolute atomic E-state index is 0.956. The van der Waals surface area contributed by atoms with Gasteiger partial charge in [-0.2, -0.15) is 0 Å². The average molecular weight is 636 g/mol. The molecule has 0 bridgehead atoms. The van der Waals surface area contributed by atoms with Crippen molar-refractivity contribution in [1.29, 1.82) is 0 Å². The average Bonchev–Trinajstić information content (AvgIpc) is 3.21. The number of pyridine rings is 1. The van der Waals surface area contributed by atoms with Gasteiger partial charge in [0, 0.05) is 11.1 Å². The van der Waals surface area contributed by atoms with Crippen molar-refractivity contribution in [2.75, 3.05) is 0 Å². The number of aromatic nitrogens is 1. The summed E-state index contributed by atoms with van der Waals surface area (Å²) in [4.78, 5) is 5.17. The molecule has 9 aromatic rings. The molecule has 0 saturated carbocycles. The second kappa shape index (κ2) is 12.8. The standard InChI is InChI=1S/C49H33N/c1-4-14-34(15-5-1)35-24-26-36(27-25-35)40-28-41(30-43(29-40)47-31-39-20-10-11-21-44(39)45-22-12-13-23-46(45)47)42-32-48(37-16-6-2-7-17-37)50-49(33-42)38-18-8-3-9-19-38/h1-33H. The van der Waals surface area contributed by atoms with Crippen LogP contribution >= 0.6 is 0 Å². The Bertz CT molecular complexity index is 2550. The Morgan fingerprint density at radius 2 is 0.640 bits per heavy atom. The summed E-state index contributed by atoms with van der Waals surface area (Å²) >= 11 is 0. The van der Waals surface area contributed by atoms with E-state index in [-0.39, 0.29) is 0 Å². The lowest BCUT2D eigenvalue weighted by molar-refractivity contribution is 1.32. The van der Waals surface area contributed by atoms with Crippen LogP contribution in [0.3, 0.4) is 0 Å². The summed E-state index contributed by atoms with van der Waals surface area (Å²) in [6.45, 7) is 0.